The summed E-state index contributed by atoms with van der Waals surface area (Å²) in [6.07, 6.45) is 0.987. The topological polar surface area (TPSA) is 122 Å². The summed E-state index contributed by atoms with van der Waals surface area (Å²) in [6, 6.07) is 11.2. The highest BCUT2D eigenvalue weighted by Gasteiger charge is 2.15. The van der Waals surface area contributed by atoms with Gasteiger partial charge in [0.1, 0.15) is 5.75 Å². The van der Waals surface area contributed by atoms with Crippen LogP contribution in [0.4, 0.5) is 5.69 Å². The largest absolute Gasteiger partial charge is 0.768 e. The lowest BCUT2D eigenvalue weighted by atomic mass is 10.2. The minimum Gasteiger partial charge on any atom is -0.768 e. The van der Waals surface area contributed by atoms with Crippen molar-refractivity contribution in [3.05, 3.63) is 48.0 Å². The average molecular weight is 355 g/mol. The molecule has 0 aliphatic rings. The van der Waals surface area contributed by atoms with Crippen molar-refractivity contribution < 1.29 is 21.9 Å². The Morgan fingerprint density at radius 3 is 2.43 bits per heavy atom. The van der Waals surface area contributed by atoms with Crippen LogP contribution >= 0.6 is 0 Å². The molecule has 124 valence electrons. The van der Waals surface area contributed by atoms with E-state index < -0.39 is 21.1 Å². The Bertz CT molecular complexity index is 823. The Morgan fingerprint density at radius 2 is 1.91 bits per heavy atom. The molecular weight excluding hydrogens is 340 g/mol. The second kappa shape index (κ2) is 7.09. The molecule has 0 heterocycles. The number of nitrogens with one attached hydrogen (secondary N) is 1. The Morgan fingerprint density at radius 1 is 1.26 bits per heavy atom. The summed E-state index contributed by atoms with van der Waals surface area (Å²) in [5, 5.41) is 0. The van der Waals surface area contributed by atoms with Crippen LogP contribution in [0.15, 0.2) is 47.4 Å². The van der Waals surface area contributed by atoms with E-state index in [0.717, 1.165) is 6.26 Å². The van der Waals surface area contributed by atoms with Gasteiger partial charge in [-0.1, -0.05) is 18.2 Å². The van der Waals surface area contributed by atoms with Crippen LogP contribution in [0.25, 0.3) is 0 Å². The van der Waals surface area contributed by atoms with Crippen molar-refractivity contribution in [3.63, 3.8) is 0 Å². The Labute approximate surface area is 136 Å². The van der Waals surface area contributed by atoms with E-state index >= 15 is 0 Å². The Kier molecular flexibility index (Phi) is 5.37. The minimum atomic E-state index is -3.57. The Balaban J connectivity index is 2.55. The van der Waals surface area contributed by atoms with Crippen LogP contribution < -0.4 is 15.2 Å². The van der Waals surface area contributed by atoms with E-state index in [1.54, 1.807) is 30.3 Å². The standard InChI is InChI=1S/C14H16N2O5S2/c1-23(19,20)16-12-7-10(9-15)14(22(17)18)8-13(12)21-11-5-3-2-4-6-11/h2-8,16H,9,15H2,1H3,(H,17,18)/p-1. The predicted molar refractivity (Wildman–Crippen MR) is 86.5 cm³/mol. The molecule has 0 radical (unpaired) electrons. The second-order valence-electron chi connectivity index (χ2n) is 4.68. The second-order valence-corrected chi connectivity index (χ2v) is 7.34. The molecule has 0 spiro atoms. The number of benzene rings is 2. The van der Waals surface area contributed by atoms with E-state index in [0.29, 0.717) is 5.75 Å². The summed E-state index contributed by atoms with van der Waals surface area (Å²) >= 11 is -2.53. The maximum absolute atomic E-state index is 11.5. The van der Waals surface area contributed by atoms with Crippen LogP contribution in [0.3, 0.4) is 0 Å². The van der Waals surface area contributed by atoms with Gasteiger partial charge >= 0.3 is 0 Å². The number of ether oxygens (including phenoxy) is 1. The van der Waals surface area contributed by atoms with E-state index in [2.05, 4.69) is 4.72 Å². The zero-order valence-corrected chi connectivity index (χ0v) is 13.8. The maximum atomic E-state index is 11.5. The molecule has 3 N–H and O–H groups in total. The molecule has 23 heavy (non-hydrogen) atoms. The van der Waals surface area contributed by atoms with Gasteiger partial charge in [0.15, 0.2) is 5.75 Å². The molecule has 2 aromatic carbocycles. The van der Waals surface area contributed by atoms with Crippen LogP contribution in [-0.2, 0) is 27.6 Å². The first-order chi connectivity index (χ1) is 10.8. The molecule has 0 amide bonds. The normalized spacial score (nSPS) is 12.7. The van der Waals surface area contributed by atoms with Gasteiger partial charge in [0.05, 0.1) is 11.9 Å². The lowest BCUT2D eigenvalue weighted by Crippen LogP contribution is -2.12. The molecule has 2 rings (SSSR count). The SMILES string of the molecule is CS(=O)(=O)Nc1cc(CN)c(S(=O)[O-])cc1Oc1ccccc1. The zero-order chi connectivity index (χ0) is 17.0. The minimum absolute atomic E-state index is 0.0440. The molecule has 0 bridgehead atoms. The molecule has 0 saturated carbocycles. The fraction of sp³-hybridized carbons (Fsp3) is 0.143. The smallest absolute Gasteiger partial charge is 0.229 e. The third-order valence-electron chi connectivity index (χ3n) is 2.83. The quantitative estimate of drug-likeness (QED) is 0.758. The van der Waals surface area contributed by atoms with Gasteiger partial charge in [0, 0.05) is 11.4 Å². The van der Waals surface area contributed by atoms with Crippen molar-refractivity contribution in [1.29, 1.82) is 0 Å². The highest BCUT2D eigenvalue weighted by molar-refractivity contribution is 7.92. The van der Waals surface area contributed by atoms with E-state index in [1.807, 2.05) is 0 Å². The first-order valence-corrected chi connectivity index (χ1v) is 9.43. The summed E-state index contributed by atoms with van der Waals surface area (Å²) < 4.78 is 53.6. The molecule has 0 fully saturated rings. The molecule has 0 aromatic heterocycles. The van der Waals surface area contributed by atoms with Crippen LogP contribution in [0.1, 0.15) is 5.56 Å². The van der Waals surface area contributed by atoms with Gasteiger partial charge in [-0.05, 0) is 40.9 Å². The predicted octanol–water partition coefficient (Wildman–Crippen LogP) is 1.55. The Hall–Kier alpha value is -1.94. The molecule has 0 saturated heterocycles. The number of para-hydroxylation sites is 1. The van der Waals surface area contributed by atoms with Gasteiger partial charge < -0.3 is 15.0 Å². The third-order valence-corrected chi connectivity index (χ3v) is 4.16. The lowest BCUT2D eigenvalue weighted by molar-refractivity contribution is 0.481. The van der Waals surface area contributed by atoms with Crippen LogP contribution in [0, 0.1) is 0 Å². The van der Waals surface area contributed by atoms with Crippen molar-refractivity contribution in [2.75, 3.05) is 11.0 Å². The average Bonchev–Trinajstić information content (AvgIpc) is 2.48. The summed E-state index contributed by atoms with van der Waals surface area (Å²) in [4.78, 5) is -0.0440. The number of rotatable bonds is 6. The monoisotopic (exact) mass is 355 g/mol. The van der Waals surface area contributed by atoms with E-state index in [-0.39, 0.29) is 28.4 Å². The fourth-order valence-electron chi connectivity index (χ4n) is 1.90. The van der Waals surface area contributed by atoms with E-state index in [4.69, 9.17) is 10.5 Å². The van der Waals surface area contributed by atoms with Crippen molar-refractivity contribution in [1.82, 2.24) is 0 Å². The van der Waals surface area contributed by atoms with Crippen LogP contribution in [0.2, 0.25) is 0 Å². The number of hydrogen-bond donors (Lipinski definition) is 2. The summed E-state index contributed by atoms with van der Waals surface area (Å²) in [6.45, 7) is -0.0621. The molecule has 1 unspecified atom stereocenters. The van der Waals surface area contributed by atoms with Crippen molar-refractivity contribution in [2.45, 2.75) is 11.4 Å². The highest BCUT2D eigenvalue weighted by atomic mass is 32.2. The van der Waals surface area contributed by atoms with Crippen LogP contribution in [0.5, 0.6) is 11.5 Å². The van der Waals surface area contributed by atoms with E-state index in [1.165, 1.54) is 12.1 Å². The lowest BCUT2D eigenvalue weighted by Gasteiger charge is -2.17. The highest BCUT2D eigenvalue weighted by Crippen LogP contribution is 2.34. The molecule has 1 atom stereocenters. The molecule has 9 heteroatoms. The number of sulfonamides is 1. The maximum Gasteiger partial charge on any atom is 0.229 e. The number of anilines is 1. The molecule has 7 nitrogen and oxygen atoms in total. The van der Waals surface area contributed by atoms with Crippen LogP contribution in [-0.4, -0.2) is 23.4 Å². The first-order valence-electron chi connectivity index (χ1n) is 6.47. The van der Waals surface area contributed by atoms with Gasteiger partial charge in [-0.15, -0.1) is 0 Å². The van der Waals surface area contributed by atoms with Gasteiger partial charge in [0.25, 0.3) is 0 Å². The van der Waals surface area contributed by atoms with Gasteiger partial charge in [-0.25, -0.2) is 8.42 Å². The van der Waals surface area contributed by atoms with Gasteiger partial charge in [-0.3, -0.25) is 8.93 Å². The van der Waals surface area contributed by atoms with E-state index in [9.17, 15) is 17.2 Å². The van der Waals surface area contributed by atoms with Gasteiger partial charge in [0.2, 0.25) is 10.0 Å². The fourth-order valence-corrected chi connectivity index (χ4v) is 3.02. The zero-order valence-electron chi connectivity index (χ0n) is 12.2. The molecular formula is C14H15N2O5S2-. The molecule has 0 aliphatic carbocycles. The molecule has 0 aliphatic heterocycles. The number of hydrogen-bond acceptors (Lipinski definition) is 6. The summed E-state index contributed by atoms with van der Waals surface area (Å²) in [5.41, 5.74) is 5.93. The van der Waals surface area contributed by atoms with Gasteiger partial charge in [-0.2, -0.15) is 0 Å². The van der Waals surface area contributed by atoms with Crippen molar-refractivity contribution >= 4 is 26.8 Å². The first kappa shape index (κ1) is 17.4. The van der Waals surface area contributed by atoms with Crippen molar-refractivity contribution in [2.24, 2.45) is 5.73 Å². The van der Waals surface area contributed by atoms with Crippen molar-refractivity contribution in [3.8, 4) is 11.5 Å². The molecule has 2 aromatic rings. The summed E-state index contributed by atoms with van der Waals surface area (Å²) in [5.74, 6) is 0.505. The third kappa shape index (κ3) is 4.76. The number of nitrogens with two attached hydrogens (primary N) is 1. The summed E-state index contributed by atoms with van der Waals surface area (Å²) in [7, 11) is -3.57.